The molecule has 35 heavy (non-hydrogen) atoms. The van der Waals surface area contributed by atoms with Crippen LogP contribution in [0.1, 0.15) is 30.1 Å². The van der Waals surface area contributed by atoms with Gasteiger partial charge in [-0.05, 0) is 63.7 Å². The molecule has 8 nitrogen and oxygen atoms in total. The number of aryl methyl sites for hydroxylation is 2. The molecule has 0 aliphatic heterocycles. The third-order valence-corrected chi connectivity index (χ3v) is 7.66. The summed E-state index contributed by atoms with van der Waals surface area (Å²) < 4.78 is 34.8. The van der Waals surface area contributed by atoms with Crippen molar-refractivity contribution in [3.8, 4) is 22.3 Å². The second-order valence-electron chi connectivity index (χ2n) is 8.41. The Bertz CT molecular complexity index is 1620. The summed E-state index contributed by atoms with van der Waals surface area (Å²) in [4.78, 5) is 9.57. The lowest BCUT2D eigenvalue weighted by atomic mass is 10.0. The first-order chi connectivity index (χ1) is 16.8. The average molecular weight is 488 g/mol. The van der Waals surface area contributed by atoms with Gasteiger partial charge in [0.15, 0.2) is 0 Å². The molecule has 5 rings (SSSR count). The fourth-order valence-electron chi connectivity index (χ4n) is 4.41. The quantitative estimate of drug-likeness (QED) is 0.366. The second-order valence-corrected chi connectivity index (χ2v) is 10.3. The van der Waals surface area contributed by atoms with E-state index in [-0.39, 0.29) is 10.9 Å². The maximum atomic E-state index is 12.4. The van der Waals surface area contributed by atoms with E-state index in [1.165, 1.54) is 7.05 Å². The lowest BCUT2D eigenvalue weighted by molar-refractivity contribution is 0.393. The summed E-state index contributed by atoms with van der Waals surface area (Å²) in [6, 6.07) is 14.7. The molecule has 0 aliphatic carbocycles. The molecule has 1 aromatic carbocycles. The molecule has 4 aromatic heterocycles. The largest absolute Gasteiger partial charge is 0.361 e. The van der Waals surface area contributed by atoms with Crippen molar-refractivity contribution in [3.63, 3.8) is 0 Å². The minimum absolute atomic E-state index is 0.0848. The van der Waals surface area contributed by atoms with Gasteiger partial charge in [-0.15, -0.1) is 0 Å². The zero-order chi connectivity index (χ0) is 24.7. The van der Waals surface area contributed by atoms with Gasteiger partial charge in [-0.3, -0.25) is 9.97 Å². The SMILES string of the molecule is CNS(=O)(=O)c1cccc(-c2cn([C@@H](C)c3ccccn3)c3cc(-c4c(C)noc4C)cnc23)c1. The number of nitrogens with one attached hydrogen (secondary N) is 1. The Morgan fingerprint density at radius 3 is 2.54 bits per heavy atom. The van der Waals surface area contributed by atoms with Gasteiger partial charge >= 0.3 is 0 Å². The van der Waals surface area contributed by atoms with E-state index < -0.39 is 10.0 Å². The predicted octanol–water partition coefficient (Wildman–Crippen LogP) is 4.89. The molecule has 9 heteroatoms. The average Bonchev–Trinajstić information content (AvgIpc) is 3.43. The fraction of sp³-hybridized carbons (Fsp3) is 0.192. The van der Waals surface area contributed by atoms with E-state index in [2.05, 4.69) is 32.4 Å². The molecule has 0 spiro atoms. The Morgan fingerprint density at radius 1 is 1.03 bits per heavy atom. The van der Waals surface area contributed by atoms with E-state index in [4.69, 9.17) is 9.51 Å². The highest BCUT2D eigenvalue weighted by atomic mass is 32.2. The maximum absolute atomic E-state index is 12.4. The molecule has 0 aliphatic rings. The zero-order valence-corrected chi connectivity index (χ0v) is 20.7. The molecule has 0 saturated carbocycles. The lowest BCUT2D eigenvalue weighted by Gasteiger charge is -2.15. The van der Waals surface area contributed by atoms with Crippen LogP contribution < -0.4 is 4.72 Å². The molecule has 1 N–H and O–H groups in total. The van der Waals surface area contributed by atoms with Crippen LogP contribution in [0.3, 0.4) is 0 Å². The summed E-state index contributed by atoms with van der Waals surface area (Å²) in [6.07, 6.45) is 5.60. The van der Waals surface area contributed by atoms with Crippen molar-refractivity contribution < 1.29 is 12.9 Å². The molecule has 0 unspecified atom stereocenters. The van der Waals surface area contributed by atoms with Crippen LogP contribution in [0.25, 0.3) is 33.3 Å². The van der Waals surface area contributed by atoms with Crippen molar-refractivity contribution in [1.82, 2.24) is 24.4 Å². The smallest absolute Gasteiger partial charge is 0.240 e. The summed E-state index contributed by atoms with van der Waals surface area (Å²) in [5, 5.41) is 4.09. The topological polar surface area (TPSA) is 103 Å². The Morgan fingerprint density at radius 2 is 1.86 bits per heavy atom. The van der Waals surface area contributed by atoms with E-state index in [1.54, 1.807) is 24.4 Å². The predicted molar refractivity (Wildman–Crippen MR) is 134 cm³/mol. The Labute approximate surface area is 203 Å². The number of aromatic nitrogens is 4. The van der Waals surface area contributed by atoms with Gasteiger partial charge in [-0.2, -0.15) is 0 Å². The van der Waals surface area contributed by atoms with E-state index in [9.17, 15) is 8.42 Å². The van der Waals surface area contributed by atoms with Crippen molar-refractivity contribution in [2.45, 2.75) is 31.7 Å². The van der Waals surface area contributed by atoms with Crippen LogP contribution in [0.4, 0.5) is 0 Å². The molecule has 5 aromatic rings. The van der Waals surface area contributed by atoms with Crippen LogP contribution in [0.15, 0.2) is 76.5 Å². The maximum Gasteiger partial charge on any atom is 0.240 e. The Balaban J connectivity index is 1.75. The van der Waals surface area contributed by atoms with Gasteiger partial charge in [0.1, 0.15) is 5.76 Å². The number of pyridine rings is 2. The number of sulfonamides is 1. The summed E-state index contributed by atoms with van der Waals surface area (Å²) in [5.74, 6) is 0.727. The molecule has 0 fully saturated rings. The highest BCUT2D eigenvalue weighted by molar-refractivity contribution is 7.89. The number of benzene rings is 1. The first-order valence-corrected chi connectivity index (χ1v) is 12.7. The molecule has 0 radical (unpaired) electrons. The number of rotatable bonds is 6. The van der Waals surface area contributed by atoms with E-state index in [0.717, 1.165) is 50.4 Å². The standard InChI is InChI=1S/C26H25N5O3S/c1-16-25(18(3)34-30-16)20-13-24-26(29-14-20)22(15-31(24)17(2)23-10-5-6-11-28-23)19-8-7-9-21(12-19)35(32,33)27-4/h5-15,17,27H,1-4H3/t17-/m0/s1. The van der Waals surface area contributed by atoms with Gasteiger partial charge in [0.05, 0.1) is 33.4 Å². The van der Waals surface area contributed by atoms with Gasteiger partial charge in [0.25, 0.3) is 0 Å². The molecule has 0 amide bonds. The van der Waals surface area contributed by atoms with Gasteiger partial charge in [0.2, 0.25) is 10.0 Å². The third kappa shape index (κ3) is 4.02. The van der Waals surface area contributed by atoms with Crippen LogP contribution >= 0.6 is 0 Å². The van der Waals surface area contributed by atoms with Crippen LogP contribution in [-0.4, -0.2) is 35.2 Å². The zero-order valence-electron chi connectivity index (χ0n) is 19.9. The molecule has 0 bridgehead atoms. The molecule has 0 saturated heterocycles. The minimum atomic E-state index is -3.58. The fourth-order valence-corrected chi connectivity index (χ4v) is 5.18. The van der Waals surface area contributed by atoms with Crippen LogP contribution in [0.5, 0.6) is 0 Å². The van der Waals surface area contributed by atoms with E-state index >= 15 is 0 Å². The lowest BCUT2D eigenvalue weighted by Crippen LogP contribution is -2.18. The highest BCUT2D eigenvalue weighted by Gasteiger charge is 2.21. The van der Waals surface area contributed by atoms with Crippen molar-refractivity contribution in [2.24, 2.45) is 0 Å². The molecular formula is C26H25N5O3S. The second kappa shape index (κ2) is 8.75. The molecular weight excluding hydrogens is 462 g/mol. The Kier molecular flexibility index (Phi) is 5.74. The monoisotopic (exact) mass is 487 g/mol. The molecule has 178 valence electrons. The van der Waals surface area contributed by atoms with Gasteiger partial charge in [0, 0.05) is 35.3 Å². The number of hydrogen-bond donors (Lipinski definition) is 1. The van der Waals surface area contributed by atoms with Crippen LogP contribution in [0.2, 0.25) is 0 Å². The van der Waals surface area contributed by atoms with Crippen molar-refractivity contribution in [2.75, 3.05) is 7.05 Å². The van der Waals surface area contributed by atoms with Gasteiger partial charge in [-0.25, -0.2) is 13.1 Å². The van der Waals surface area contributed by atoms with Crippen molar-refractivity contribution in [3.05, 3.63) is 84.3 Å². The van der Waals surface area contributed by atoms with E-state index in [1.807, 2.05) is 50.5 Å². The Hall–Kier alpha value is -3.82. The first kappa shape index (κ1) is 22.9. The van der Waals surface area contributed by atoms with Crippen molar-refractivity contribution >= 4 is 21.1 Å². The number of fused-ring (bicyclic) bond motifs is 1. The highest BCUT2D eigenvalue weighted by Crippen LogP contribution is 2.36. The van der Waals surface area contributed by atoms with Gasteiger partial charge in [-0.1, -0.05) is 23.4 Å². The minimum Gasteiger partial charge on any atom is -0.361 e. The summed E-state index contributed by atoms with van der Waals surface area (Å²) in [5.41, 5.74) is 6.78. The van der Waals surface area contributed by atoms with E-state index in [0.29, 0.717) is 0 Å². The number of nitrogens with zero attached hydrogens (tertiary/aromatic N) is 4. The number of hydrogen-bond acceptors (Lipinski definition) is 6. The van der Waals surface area contributed by atoms with Gasteiger partial charge < -0.3 is 9.09 Å². The third-order valence-electron chi connectivity index (χ3n) is 6.25. The van der Waals surface area contributed by atoms with Crippen LogP contribution in [-0.2, 0) is 10.0 Å². The first-order valence-electron chi connectivity index (χ1n) is 11.2. The summed E-state index contributed by atoms with van der Waals surface area (Å²) >= 11 is 0. The summed E-state index contributed by atoms with van der Waals surface area (Å²) in [6.45, 7) is 5.87. The summed E-state index contributed by atoms with van der Waals surface area (Å²) in [7, 11) is -2.18. The molecule has 1 atom stereocenters. The molecule has 4 heterocycles. The normalized spacial score (nSPS) is 12.8. The van der Waals surface area contributed by atoms with Crippen LogP contribution in [0, 0.1) is 13.8 Å². The van der Waals surface area contributed by atoms with Crippen molar-refractivity contribution in [1.29, 1.82) is 0 Å².